The third kappa shape index (κ3) is 2.97. The number of H-pyrrole nitrogens is 1. The zero-order valence-corrected chi connectivity index (χ0v) is 7.61. The fourth-order valence-electron chi connectivity index (χ4n) is 0.973. The molecule has 15 heavy (non-hydrogen) atoms. The van der Waals surface area contributed by atoms with Crippen LogP contribution >= 0.6 is 0 Å². The summed E-state index contributed by atoms with van der Waals surface area (Å²) in [5, 5.41) is 0. The second kappa shape index (κ2) is 3.92. The number of halogens is 4. The van der Waals surface area contributed by atoms with Gasteiger partial charge in [0.2, 0.25) is 5.88 Å². The van der Waals surface area contributed by atoms with Gasteiger partial charge < -0.3 is 4.74 Å². The van der Waals surface area contributed by atoms with E-state index < -0.39 is 24.5 Å². The van der Waals surface area contributed by atoms with E-state index in [1.807, 2.05) is 4.98 Å². The first-order valence-corrected chi connectivity index (χ1v) is 3.88. The number of pyridine rings is 1. The smallest absolute Gasteiger partial charge is 0.390 e. The van der Waals surface area contributed by atoms with Crippen molar-refractivity contribution in [1.29, 1.82) is 0 Å². The predicted molar refractivity (Wildman–Crippen MR) is 43.3 cm³/mol. The molecule has 84 valence electrons. The van der Waals surface area contributed by atoms with Crippen molar-refractivity contribution in [3.8, 4) is 5.88 Å². The number of rotatable bonds is 2. The van der Waals surface area contributed by atoms with E-state index in [-0.39, 0.29) is 11.1 Å². The van der Waals surface area contributed by atoms with E-state index in [0.29, 0.717) is 0 Å². The Hall–Kier alpha value is -1.53. The third-order valence-corrected chi connectivity index (χ3v) is 1.73. The summed E-state index contributed by atoms with van der Waals surface area (Å²) in [5.74, 6) is -0.814. The van der Waals surface area contributed by atoms with E-state index in [9.17, 15) is 22.4 Å². The summed E-state index contributed by atoms with van der Waals surface area (Å²) in [7, 11) is 0. The monoisotopic (exact) mass is 225 g/mol. The van der Waals surface area contributed by atoms with Crippen molar-refractivity contribution >= 4 is 0 Å². The molecule has 1 aromatic rings. The first-order valence-electron chi connectivity index (χ1n) is 3.88. The van der Waals surface area contributed by atoms with Crippen LogP contribution in [0, 0.1) is 6.92 Å². The molecule has 0 atom stereocenters. The van der Waals surface area contributed by atoms with Gasteiger partial charge in [0.1, 0.15) is 6.67 Å². The molecule has 0 aliphatic rings. The van der Waals surface area contributed by atoms with Crippen molar-refractivity contribution in [3.05, 3.63) is 27.5 Å². The minimum Gasteiger partial charge on any atom is -0.390 e. The average molecular weight is 225 g/mol. The molecule has 1 aromatic heterocycles. The number of alkyl halides is 4. The molecule has 1 rings (SSSR count). The Bertz CT molecular complexity index is 410. The van der Waals surface area contributed by atoms with Crippen molar-refractivity contribution < 1.29 is 22.3 Å². The van der Waals surface area contributed by atoms with Crippen molar-refractivity contribution in [3.63, 3.8) is 0 Å². The van der Waals surface area contributed by atoms with E-state index in [0.717, 1.165) is 6.07 Å². The fraction of sp³-hybridized carbons (Fsp3) is 0.375. The number of aromatic amines is 1. The Labute approximate surface area is 81.7 Å². The van der Waals surface area contributed by atoms with Crippen LogP contribution in [-0.4, -0.2) is 11.3 Å². The summed E-state index contributed by atoms with van der Waals surface area (Å²) in [5.41, 5.74) is -0.894. The van der Waals surface area contributed by atoms with Gasteiger partial charge in [-0.25, -0.2) is 4.39 Å². The topological polar surface area (TPSA) is 42.1 Å². The molecule has 0 bridgehead atoms. The van der Waals surface area contributed by atoms with Crippen molar-refractivity contribution in [2.24, 2.45) is 0 Å². The molecule has 0 aliphatic heterocycles. The van der Waals surface area contributed by atoms with Crippen LogP contribution < -0.4 is 10.3 Å². The van der Waals surface area contributed by atoms with E-state index >= 15 is 0 Å². The highest BCUT2D eigenvalue weighted by Crippen LogP contribution is 2.21. The van der Waals surface area contributed by atoms with E-state index in [1.54, 1.807) is 0 Å². The van der Waals surface area contributed by atoms with Crippen molar-refractivity contribution in [2.75, 3.05) is 0 Å². The van der Waals surface area contributed by atoms with Gasteiger partial charge in [0.15, 0.2) is 0 Å². The van der Waals surface area contributed by atoms with E-state index in [1.165, 1.54) is 6.92 Å². The van der Waals surface area contributed by atoms with Gasteiger partial charge in [0.25, 0.3) is 5.56 Å². The van der Waals surface area contributed by atoms with Crippen LogP contribution in [0.2, 0.25) is 0 Å². The molecular weight excluding hydrogens is 218 g/mol. The van der Waals surface area contributed by atoms with Gasteiger partial charge in [-0.2, -0.15) is 0 Å². The van der Waals surface area contributed by atoms with Crippen molar-refractivity contribution in [2.45, 2.75) is 20.0 Å². The zero-order chi connectivity index (χ0) is 11.6. The van der Waals surface area contributed by atoms with Crippen LogP contribution in [0.15, 0.2) is 10.9 Å². The fourth-order valence-corrected chi connectivity index (χ4v) is 0.973. The summed E-state index contributed by atoms with van der Waals surface area (Å²) >= 11 is 0. The summed E-state index contributed by atoms with van der Waals surface area (Å²) < 4.78 is 51.1. The Balaban J connectivity index is 3.12. The van der Waals surface area contributed by atoms with Crippen LogP contribution in [-0.2, 0) is 6.67 Å². The van der Waals surface area contributed by atoms with Gasteiger partial charge in [-0.05, 0) is 12.5 Å². The normalized spacial score (nSPS) is 11.5. The maximum atomic E-state index is 12.3. The largest absolute Gasteiger partial charge is 0.574 e. The molecule has 0 saturated heterocycles. The summed E-state index contributed by atoms with van der Waals surface area (Å²) in [6, 6.07) is 0.810. The lowest BCUT2D eigenvalue weighted by atomic mass is 10.2. The lowest BCUT2D eigenvalue weighted by molar-refractivity contribution is -0.276. The highest BCUT2D eigenvalue weighted by atomic mass is 19.4. The van der Waals surface area contributed by atoms with Gasteiger partial charge >= 0.3 is 6.36 Å². The molecular formula is C8H7F4NO2. The zero-order valence-electron chi connectivity index (χ0n) is 7.61. The number of aromatic nitrogens is 1. The first-order chi connectivity index (χ1) is 6.83. The standard InChI is InChI=1S/C8H7F4NO2/c1-4-5(3-9)2-6(13-7(4)14)15-8(10,11)12/h2H,3H2,1H3,(H,13,14). The number of hydrogen-bond acceptors (Lipinski definition) is 2. The summed E-state index contributed by atoms with van der Waals surface area (Å²) in [6.07, 6.45) is -4.91. The molecule has 0 radical (unpaired) electrons. The molecule has 0 unspecified atom stereocenters. The Kier molecular flexibility index (Phi) is 3.01. The Morgan fingerprint density at radius 1 is 1.47 bits per heavy atom. The van der Waals surface area contributed by atoms with Crippen molar-refractivity contribution in [1.82, 2.24) is 4.98 Å². The quantitative estimate of drug-likeness (QED) is 0.782. The lowest BCUT2D eigenvalue weighted by Gasteiger charge is -2.09. The van der Waals surface area contributed by atoms with Crippen LogP contribution in [0.25, 0.3) is 0 Å². The molecule has 7 heteroatoms. The van der Waals surface area contributed by atoms with Gasteiger partial charge in [0.05, 0.1) is 0 Å². The van der Waals surface area contributed by atoms with Crippen LogP contribution in [0.4, 0.5) is 17.6 Å². The highest BCUT2D eigenvalue weighted by molar-refractivity contribution is 5.27. The SMILES string of the molecule is Cc1c(CF)cc(OC(F)(F)F)[nH]c1=O. The minimum absolute atomic E-state index is 0.0343. The highest BCUT2D eigenvalue weighted by Gasteiger charge is 2.31. The third-order valence-electron chi connectivity index (χ3n) is 1.73. The van der Waals surface area contributed by atoms with Crippen LogP contribution in [0.5, 0.6) is 5.88 Å². The summed E-state index contributed by atoms with van der Waals surface area (Å²) in [6.45, 7) is 0.287. The molecule has 3 nitrogen and oxygen atoms in total. The van der Waals surface area contributed by atoms with E-state index in [2.05, 4.69) is 4.74 Å². The molecule has 1 heterocycles. The molecule has 0 fully saturated rings. The number of nitrogens with one attached hydrogen (secondary N) is 1. The van der Waals surface area contributed by atoms with Gasteiger partial charge in [0, 0.05) is 11.6 Å². The van der Waals surface area contributed by atoms with Crippen LogP contribution in [0.3, 0.4) is 0 Å². The Morgan fingerprint density at radius 3 is 2.53 bits per heavy atom. The molecule has 0 aromatic carbocycles. The van der Waals surface area contributed by atoms with Crippen LogP contribution in [0.1, 0.15) is 11.1 Å². The van der Waals surface area contributed by atoms with Gasteiger partial charge in [-0.1, -0.05) is 0 Å². The second-order valence-electron chi connectivity index (χ2n) is 2.79. The van der Waals surface area contributed by atoms with E-state index in [4.69, 9.17) is 0 Å². The molecule has 1 N–H and O–H groups in total. The molecule has 0 aliphatic carbocycles. The maximum Gasteiger partial charge on any atom is 0.574 e. The number of hydrogen-bond donors (Lipinski definition) is 1. The summed E-state index contributed by atoms with van der Waals surface area (Å²) in [4.78, 5) is 12.9. The first kappa shape index (κ1) is 11.5. The van der Waals surface area contributed by atoms with Gasteiger partial charge in [-0.15, -0.1) is 13.2 Å². The lowest BCUT2D eigenvalue weighted by Crippen LogP contribution is -2.21. The van der Waals surface area contributed by atoms with Gasteiger partial charge in [-0.3, -0.25) is 9.78 Å². The average Bonchev–Trinajstić information content (AvgIpc) is 2.08. The maximum absolute atomic E-state index is 12.3. The number of ether oxygens (including phenoxy) is 1. The second-order valence-corrected chi connectivity index (χ2v) is 2.79. The Morgan fingerprint density at radius 2 is 2.07 bits per heavy atom. The minimum atomic E-state index is -4.91. The molecule has 0 saturated carbocycles. The molecule has 0 amide bonds. The molecule has 0 spiro atoms. The predicted octanol–water partition coefficient (Wildman–Crippen LogP) is 2.05.